The highest BCUT2D eigenvalue weighted by Crippen LogP contribution is 2.15. The van der Waals surface area contributed by atoms with E-state index in [1.165, 1.54) is 0 Å². The standard InChI is InChI=1S/C14H31N3O/c1-11(2)15-7-14(10-18-6)17-8-12(3)16(5)13(4)9-17/h11-15H,7-10H2,1-6H3. The Hall–Kier alpha value is -0.160. The first kappa shape index (κ1) is 15.9. The highest BCUT2D eigenvalue weighted by atomic mass is 16.5. The van der Waals surface area contributed by atoms with Gasteiger partial charge in [-0.3, -0.25) is 9.80 Å². The van der Waals surface area contributed by atoms with E-state index in [4.69, 9.17) is 4.74 Å². The van der Waals surface area contributed by atoms with Crippen molar-refractivity contribution in [1.82, 2.24) is 15.1 Å². The van der Waals surface area contributed by atoms with Gasteiger partial charge in [-0.2, -0.15) is 0 Å². The molecule has 4 heteroatoms. The highest BCUT2D eigenvalue weighted by Gasteiger charge is 2.30. The van der Waals surface area contributed by atoms with Crippen LogP contribution in [0.2, 0.25) is 0 Å². The molecule has 1 saturated heterocycles. The van der Waals surface area contributed by atoms with E-state index < -0.39 is 0 Å². The van der Waals surface area contributed by atoms with Gasteiger partial charge in [-0.1, -0.05) is 13.8 Å². The van der Waals surface area contributed by atoms with Gasteiger partial charge in [0.1, 0.15) is 0 Å². The lowest BCUT2D eigenvalue weighted by atomic mass is 10.1. The molecule has 0 amide bonds. The zero-order chi connectivity index (χ0) is 13.7. The lowest BCUT2D eigenvalue weighted by Gasteiger charge is -2.45. The topological polar surface area (TPSA) is 27.7 Å². The largest absolute Gasteiger partial charge is 0.383 e. The molecule has 4 nitrogen and oxygen atoms in total. The predicted molar refractivity (Wildman–Crippen MR) is 77.1 cm³/mol. The summed E-state index contributed by atoms with van der Waals surface area (Å²) in [7, 11) is 4.02. The maximum absolute atomic E-state index is 5.39. The molecule has 0 aromatic heterocycles. The first-order valence-electron chi connectivity index (χ1n) is 7.14. The lowest BCUT2D eigenvalue weighted by molar-refractivity contribution is 0.00788. The molecule has 1 N–H and O–H groups in total. The van der Waals surface area contributed by atoms with Crippen LogP contribution in [0.3, 0.4) is 0 Å². The molecule has 3 atom stereocenters. The van der Waals surface area contributed by atoms with Gasteiger partial charge in [0.15, 0.2) is 0 Å². The Bertz CT molecular complexity index is 223. The zero-order valence-electron chi connectivity index (χ0n) is 12.9. The third-order valence-electron chi connectivity index (χ3n) is 4.03. The quantitative estimate of drug-likeness (QED) is 0.769. The minimum atomic E-state index is 0.482. The second-order valence-corrected chi connectivity index (χ2v) is 5.99. The molecule has 1 fully saturated rings. The lowest BCUT2D eigenvalue weighted by Crippen LogP contribution is -2.60. The molecule has 1 aliphatic heterocycles. The molecule has 0 bridgehead atoms. The van der Waals surface area contributed by atoms with Gasteiger partial charge in [0.05, 0.1) is 6.61 Å². The van der Waals surface area contributed by atoms with Gasteiger partial charge in [-0.15, -0.1) is 0 Å². The molecular weight excluding hydrogens is 226 g/mol. The van der Waals surface area contributed by atoms with Gasteiger partial charge in [0, 0.05) is 50.9 Å². The van der Waals surface area contributed by atoms with Crippen molar-refractivity contribution in [2.75, 3.05) is 40.4 Å². The smallest absolute Gasteiger partial charge is 0.0630 e. The Kier molecular flexibility index (Phi) is 6.57. The fraction of sp³-hybridized carbons (Fsp3) is 1.00. The van der Waals surface area contributed by atoms with Crippen molar-refractivity contribution in [3.05, 3.63) is 0 Å². The van der Waals surface area contributed by atoms with Crippen LogP contribution < -0.4 is 5.32 Å². The number of likely N-dealkylation sites (N-methyl/N-ethyl adjacent to an activating group) is 1. The summed E-state index contributed by atoms with van der Waals surface area (Å²) in [6.07, 6.45) is 0. The number of ether oxygens (including phenoxy) is 1. The van der Waals surface area contributed by atoms with Crippen LogP contribution in [0.5, 0.6) is 0 Å². The summed E-state index contributed by atoms with van der Waals surface area (Å²) in [5.41, 5.74) is 0. The molecule has 1 rings (SSSR count). The van der Waals surface area contributed by atoms with Gasteiger partial charge < -0.3 is 10.1 Å². The third-order valence-corrected chi connectivity index (χ3v) is 4.03. The summed E-state index contributed by atoms with van der Waals surface area (Å²) < 4.78 is 5.39. The summed E-state index contributed by atoms with van der Waals surface area (Å²) in [5, 5.41) is 3.53. The van der Waals surface area contributed by atoms with E-state index >= 15 is 0 Å². The van der Waals surface area contributed by atoms with Gasteiger partial charge >= 0.3 is 0 Å². The predicted octanol–water partition coefficient (Wildman–Crippen LogP) is 1.02. The van der Waals surface area contributed by atoms with Crippen LogP contribution in [-0.2, 0) is 4.74 Å². The van der Waals surface area contributed by atoms with Gasteiger partial charge in [-0.05, 0) is 20.9 Å². The van der Waals surface area contributed by atoms with E-state index in [0.29, 0.717) is 24.2 Å². The molecular formula is C14H31N3O. The summed E-state index contributed by atoms with van der Waals surface area (Å²) in [6.45, 7) is 13.1. The average Bonchev–Trinajstić information content (AvgIpc) is 2.30. The minimum Gasteiger partial charge on any atom is -0.383 e. The highest BCUT2D eigenvalue weighted by molar-refractivity contribution is 4.87. The van der Waals surface area contributed by atoms with Crippen molar-refractivity contribution in [2.24, 2.45) is 0 Å². The summed E-state index contributed by atoms with van der Waals surface area (Å²) in [5.74, 6) is 0. The number of hydrogen-bond acceptors (Lipinski definition) is 4. The van der Waals surface area contributed by atoms with Crippen molar-refractivity contribution in [1.29, 1.82) is 0 Å². The van der Waals surface area contributed by atoms with Gasteiger partial charge in [0.2, 0.25) is 0 Å². The fourth-order valence-corrected chi connectivity index (χ4v) is 2.60. The fourth-order valence-electron chi connectivity index (χ4n) is 2.60. The number of hydrogen-bond donors (Lipinski definition) is 1. The van der Waals surface area contributed by atoms with Crippen molar-refractivity contribution >= 4 is 0 Å². The molecule has 0 aromatic rings. The molecule has 0 aromatic carbocycles. The molecule has 1 aliphatic rings. The first-order chi connectivity index (χ1) is 8.45. The second kappa shape index (κ2) is 7.43. The normalized spacial score (nSPS) is 28.8. The Morgan fingerprint density at radius 3 is 2.22 bits per heavy atom. The van der Waals surface area contributed by atoms with Crippen LogP contribution in [-0.4, -0.2) is 74.4 Å². The molecule has 0 spiro atoms. The monoisotopic (exact) mass is 257 g/mol. The molecule has 0 saturated carbocycles. The number of methoxy groups -OCH3 is 1. The molecule has 108 valence electrons. The van der Waals surface area contributed by atoms with Gasteiger partial charge in [-0.25, -0.2) is 0 Å². The van der Waals surface area contributed by atoms with Crippen LogP contribution >= 0.6 is 0 Å². The van der Waals surface area contributed by atoms with E-state index in [1.807, 2.05) is 0 Å². The van der Waals surface area contributed by atoms with Crippen molar-refractivity contribution < 1.29 is 4.74 Å². The van der Waals surface area contributed by atoms with Crippen molar-refractivity contribution in [2.45, 2.75) is 51.9 Å². The van der Waals surface area contributed by atoms with E-state index in [2.05, 4.69) is 49.9 Å². The van der Waals surface area contributed by atoms with E-state index in [1.54, 1.807) is 7.11 Å². The SMILES string of the molecule is COCC(CNC(C)C)N1CC(C)N(C)C(C)C1. The molecule has 3 unspecified atom stereocenters. The van der Waals surface area contributed by atoms with Gasteiger partial charge in [0.25, 0.3) is 0 Å². The summed E-state index contributed by atoms with van der Waals surface area (Å²) in [4.78, 5) is 5.05. The van der Waals surface area contributed by atoms with Crippen LogP contribution in [0.15, 0.2) is 0 Å². The molecule has 18 heavy (non-hydrogen) atoms. The summed E-state index contributed by atoms with van der Waals surface area (Å²) >= 11 is 0. The van der Waals surface area contributed by atoms with E-state index in [0.717, 1.165) is 26.2 Å². The van der Waals surface area contributed by atoms with E-state index in [-0.39, 0.29) is 0 Å². The number of piperazine rings is 1. The minimum absolute atomic E-state index is 0.482. The maximum Gasteiger partial charge on any atom is 0.0630 e. The average molecular weight is 257 g/mol. The van der Waals surface area contributed by atoms with Crippen molar-refractivity contribution in [3.8, 4) is 0 Å². The maximum atomic E-state index is 5.39. The molecule has 0 aliphatic carbocycles. The number of rotatable bonds is 6. The van der Waals surface area contributed by atoms with E-state index in [9.17, 15) is 0 Å². The Morgan fingerprint density at radius 1 is 1.22 bits per heavy atom. The molecule has 0 radical (unpaired) electrons. The van der Waals surface area contributed by atoms with Crippen LogP contribution in [0.25, 0.3) is 0 Å². The number of nitrogens with zero attached hydrogens (tertiary/aromatic N) is 2. The third kappa shape index (κ3) is 4.50. The Balaban J connectivity index is 2.56. The first-order valence-corrected chi connectivity index (χ1v) is 7.14. The van der Waals surface area contributed by atoms with Crippen molar-refractivity contribution in [3.63, 3.8) is 0 Å². The number of nitrogens with one attached hydrogen (secondary N) is 1. The second-order valence-electron chi connectivity index (χ2n) is 5.99. The zero-order valence-corrected chi connectivity index (χ0v) is 12.9. The van der Waals surface area contributed by atoms with Crippen LogP contribution in [0.1, 0.15) is 27.7 Å². The Morgan fingerprint density at radius 2 is 1.78 bits per heavy atom. The Labute approximate surface area is 113 Å². The summed E-state index contributed by atoms with van der Waals surface area (Å²) in [6, 6.07) is 2.25. The van der Waals surface area contributed by atoms with Crippen LogP contribution in [0.4, 0.5) is 0 Å². The molecule has 1 heterocycles. The van der Waals surface area contributed by atoms with Crippen LogP contribution in [0, 0.1) is 0 Å².